The molecule has 1 aromatic rings. The van der Waals surface area contributed by atoms with Crippen molar-refractivity contribution < 1.29 is 0 Å². The predicted octanol–water partition coefficient (Wildman–Crippen LogP) is 3.46. The first-order chi connectivity index (χ1) is 9.26. The van der Waals surface area contributed by atoms with E-state index in [2.05, 4.69) is 61.4 Å². The highest BCUT2D eigenvalue weighted by molar-refractivity contribution is 5.20. The summed E-state index contributed by atoms with van der Waals surface area (Å²) in [7, 11) is 2.08. The van der Waals surface area contributed by atoms with Gasteiger partial charge < -0.3 is 5.32 Å². The molecule has 2 unspecified atom stereocenters. The number of hydrogen-bond donors (Lipinski definition) is 1. The van der Waals surface area contributed by atoms with Gasteiger partial charge in [0.25, 0.3) is 0 Å². The first-order valence-electron chi connectivity index (χ1n) is 7.72. The fourth-order valence-electron chi connectivity index (χ4n) is 3.33. The van der Waals surface area contributed by atoms with E-state index in [1.165, 1.54) is 37.9 Å². The zero-order valence-corrected chi connectivity index (χ0v) is 12.6. The second-order valence-electron chi connectivity index (χ2n) is 5.81. The third kappa shape index (κ3) is 3.58. The molecule has 1 fully saturated rings. The minimum absolute atomic E-state index is 0.430. The highest BCUT2D eigenvalue weighted by Gasteiger charge is 2.27. The van der Waals surface area contributed by atoms with Crippen LogP contribution in [-0.4, -0.2) is 31.1 Å². The number of benzene rings is 1. The van der Waals surface area contributed by atoms with Crippen LogP contribution in [0.1, 0.15) is 44.7 Å². The molecule has 0 saturated carbocycles. The number of likely N-dealkylation sites (tertiary alicyclic amines) is 1. The number of likely N-dealkylation sites (N-methyl/N-ethyl adjacent to an activating group) is 1. The van der Waals surface area contributed by atoms with Crippen LogP contribution in [0, 0.1) is 5.92 Å². The monoisotopic (exact) mass is 260 g/mol. The summed E-state index contributed by atoms with van der Waals surface area (Å²) in [6, 6.07) is 11.8. The van der Waals surface area contributed by atoms with Gasteiger partial charge in [-0.05, 0) is 51.4 Å². The average Bonchev–Trinajstić information content (AvgIpc) is 2.49. The molecule has 2 rings (SSSR count). The van der Waals surface area contributed by atoms with Gasteiger partial charge in [0, 0.05) is 12.1 Å². The summed E-state index contributed by atoms with van der Waals surface area (Å²) < 4.78 is 0. The van der Waals surface area contributed by atoms with E-state index in [9.17, 15) is 0 Å². The molecule has 0 aliphatic carbocycles. The summed E-state index contributed by atoms with van der Waals surface area (Å²) in [5, 5.41) is 3.50. The number of nitrogens with one attached hydrogen (secondary N) is 1. The Morgan fingerprint density at radius 1 is 1.21 bits per heavy atom. The van der Waals surface area contributed by atoms with Crippen LogP contribution in [-0.2, 0) is 0 Å². The van der Waals surface area contributed by atoms with Crippen molar-refractivity contribution in [3.63, 3.8) is 0 Å². The Hall–Kier alpha value is -0.860. The zero-order valence-electron chi connectivity index (χ0n) is 12.6. The Morgan fingerprint density at radius 2 is 1.84 bits per heavy atom. The molecular formula is C17H28N2. The van der Waals surface area contributed by atoms with Crippen molar-refractivity contribution in [2.45, 2.75) is 45.2 Å². The molecule has 1 heterocycles. The minimum atomic E-state index is 0.430. The zero-order chi connectivity index (χ0) is 13.7. The van der Waals surface area contributed by atoms with Gasteiger partial charge in [0.15, 0.2) is 0 Å². The molecule has 1 aromatic carbocycles. The molecule has 19 heavy (non-hydrogen) atoms. The van der Waals surface area contributed by atoms with E-state index in [1.54, 1.807) is 0 Å². The Labute approximate surface area is 118 Å². The van der Waals surface area contributed by atoms with Crippen molar-refractivity contribution in [2.24, 2.45) is 5.92 Å². The Bertz CT molecular complexity index is 355. The van der Waals surface area contributed by atoms with Gasteiger partial charge in [-0.15, -0.1) is 0 Å². The second-order valence-corrected chi connectivity index (χ2v) is 5.81. The largest absolute Gasteiger partial charge is 0.312 e. The van der Waals surface area contributed by atoms with E-state index in [0.29, 0.717) is 12.1 Å². The normalized spacial score (nSPS) is 21.2. The lowest BCUT2D eigenvalue weighted by Gasteiger charge is -2.39. The van der Waals surface area contributed by atoms with Crippen LogP contribution < -0.4 is 5.32 Å². The lowest BCUT2D eigenvalue weighted by atomic mass is 9.91. The summed E-state index contributed by atoms with van der Waals surface area (Å²) in [5.74, 6) is 0.952. The molecule has 2 atom stereocenters. The Balaban J connectivity index is 1.99. The molecule has 1 aliphatic rings. The van der Waals surface area contributed by atoms with Crippen molar-refractivity contribution in [2.75, 3.05) is 20.1 Å². The maximum Gasteiger partial charge on any atom is 0.0473 e. The van der Waals surface area contributed by atoms with E-state index in [-0.39, 0.29) is 0 Å². The predicted molar refractivity (Wildman–Crippen MR) is 82.3 cm³/mol. The molecular weight excluding hydrogens is 232 g/mol. The van der Waals surface area contributed by atoms with Gasteiger partial charge in [0.05, 0.1) is 0 Å². The van der Waals surface area contributed by atoms with E-state index in [1.807, 2.05) is 0 Å². The molecule has 1 N–H and O–H groups in total. The van der Waals surface area contributed by atoms with Crippen LogP contribution >= 0.6 is 0 Å². The highest BCUT2D eigenvalue weighted by Crippen LogP contribution is 2.26. The van der Waals surface area contributed by atoms with Crippen molar-refractivity contribution in [3.8, 4) is 0 Å². The van der Waals surface area contributed by atoms with Crippen LogP contribution in [0.5, 0.6) is 0 Å². The van der Waals surface area contributed by atoms with Gasteiger partial charge in [-0.25, -0.2) is 0 Å². The fraction of sp³-hybridized carbons (Fsp3) is 0.647. The second kappa shape index (κ2) is 7.06. The van der Waals surface area contributed by atoms with E-state index < -0.39 is 0 Å². The quantitative estimate of drug-likeness (QED) is 0.872. The molecule has 2 nitrogen and oxygen atoms in total. The standard InChI is InChI=1S/C17H28N2/c1-4-15-10-12-19(13-11-15)14(2)17(18-3)16-8-6-5-7-9-16/h5-9,14-15,17-18H,4,10-13H2,1-3H3. The van der Waals surface area contributed by atoms with Crippen molar-refractivity contribution in [1.29, 1.82) is 0 Å². The molecule has 0 aromatic heterocycles. The first kappa shape index (κ1) is 14.5. The van der Waals surface area contributed by atoms with Crippen LogP contribution in [0.4, 0.5) is 0 Å². The molecule has 0 radical (unpaired) electrons. The van der Waals surface area contributed by atoms with Gasteiger partial charge in [-0.3, -0.25) is 4.90 Å². The Kier molecular flexibility index (Phi) is 5.41. The lowest BCUT2D eigenvalue weighted by Crippen LogP contribution is -2.45. The van der Waals surface area contributed by atoms with Crippen LogP contribution in [0.2, 0.25) is 0 Å². The van der Waals surface area contributed by atoms with Crippen molar-refractivity contribution in [1.82, 2.24) is 10.2 Å². The molecule has 1 aliphatic heterocycles. The average molecular weight is 260 g/mol. The lowest BCUT2D eigenvalue weighted by molar-refractivity contribution is 0.116. The minimum Gasteiger partial charge on any atom is -0.312 e. The number of piperidine rings is 1. The van der Waals surface area contributed by atoms with E-state index in [4.69, 9.17) is 0 Å². The van der Waals surface area contributed by atoms with Gasteiger partial charge >= 0.3 is 0 Å². The molecule has 1 saturated heterocycles. The summed E-state index contributed by atoms with van der Waals surface area (Å²) in [6.07, 6.45) is 4.08. The first-order valence-corrected chi connectivity index (χ1v) is 7.72. The molecule has 106 valence electrons. The topological polar surface area (TPSA) is 15.3 Å². The summed E-state index contributed by atoms with van der Waals surface area (Å²) in [5.41, 5.74) is 1.40. The number of hydrogen-bond acceptors (Lipinski definition) is 2. The smallest absolute Gasteiger partial charge is 0.0473 e. The van der Waals surface area contributed by atoms with Gasteiger partial charge in [-0.1, -0.05) is 43.7 Å². The maximum atomic E-state index is 3.50. The van der Waals surface area contributed by atoms with Gasteiger partial charge in [-0.2, -0.15) is 0 Å². The van der Waals surface area contributed by atoms with E-state index >= 15 is 0 Å². The summed E-state index contributed by atoms with van der Waals surface area (Å²) in [6.45, 7) is 7.19. The number of rotatable bonds is 5. The van der Waals surface area contributed by atoms with Gasteiger partial charge in [0.1, 0.15) is 0 Å². The van der Waals surface area contributed by atoms with Gasteiger partial charge in [0.2, 0.25) is 0 Å². The number of nitrogens with zero attached hydrogens (tertiary/aromatic N) is 1. The van der Waals surface area contributed by atoms with Crippen LogP contribution in [0.25, 0.3) is 0 Å². The SMILES string of the molecule is CCC1CCN(C(C)C(NC)c2ccccc2)CC1. The molecule has 0 bridgehead atoms. The summed E-state index contributed by atoms with van der Waals surface area (Å²) in [4.78, 5) is 2.65. The third-order valence-electron chi connectivity index (χ3n) is 4.75. The highest BCUT2D eigenvalue weighted by atomic mass is 15.2. The fourth-order valence-corrected chi connectivity index (χ4v) is 3.33. The summed E-state index contributed by atoms with van der Waals surface area (Å²) >= 11 is 0. The van der Waals surface area contributed by atoms with Crippen LogP contribution in [0.3, 0.4) is 0 Å². The third-order valence-corrected chi connectivity index (χ3v) is 4.75. The molecule has 0 spiro atoms. The maximum absolute atomic E-state index is 3.50. The van der Waals surface area contributed by atoms with Crippen molar-refractivity contribution in [3.05, 3.63) is 35.9 Å². The van der Waals surface area contributed by atoms with Crippen molar-refractivity contribution >= 4 is 0 Å². The van der Waals surface area contributed by atoms with Crippen LogP contribution in [0.15, 0.2) is 30.3 Å². The molecule has 0 amide bonds. The molecule has 2 heteroatoms. The Morgan fingerprint density at radius 3 is 2.37 bits per heavy atom. The van der Waals surface area contributed by atoms with E-state index in [0.717, 1.165) is 5.92 Å².